The zero-order chi connectivity index (χ0) is 14.1. The third-order valence-corrected chi connectivity index (χ3v) is 2.97. The fourth-order valence-electron chi connectivity index (χ4n) is 2.05. The van der Waals surface area contributed by atoms with Crippen molar-refractivity contribution >= 4 is 11.9 Å². The summed E-state index contributed by atoms with van der Waals surface area (Å²) in [6.45, 7) is 3.65. The normalized spacial score (nSPS) is 17.4. The maximum atomic E-state index is 11.6. The number of aliphatic carboxylic acids is 1. The first kappa shape index (κ1) is 15.4. The quantitative estimate of drug-likeness (QED) is 0.607. The van der Waals surface area contributed by atoms with Gasteiger partial charge in [-0.1, -0.05) is 0 Å². The second-order valence-electron chi connectivity index (χ2n) is 4.56. The van der Waals surface area contributed by atoms with E-state index in [2.05, 4.69) is 5.32 Å². The van der Waals surface area contributed by atoms with Gasteiger partial charge in [-0.05, 0) is 13.0 Å². The molecule has 19 heavy (non-hydrogen) atoms. The molecule has 0 unspecified atom stereocenters. The minimum Gasteiger partial charge on any atom is -0.480 e. The number of carboxylic acids is 1. The fraction of sp³-hybridized carbons (Fsp3) is 0.750. The van der Waals surface area contributed by atoms with E-state index >= 15 is 0 Å². The summed E-state index contributed by atoms with van der Waals surface area (Å²) >= 11 is 0. The van der Waals surface area contributed by atoms with Crippen LogP contribution in [0.1, 0.15) is 12.8 Å². The van der Waals surface area contributed by atoms with Crippen molar-refractivity contribution in [2.24, 2.45) is 0 Å². The van der Waals surface area contributed by atoms with Gasteiger partial charge in [0.1, 0.15) is 0 Å². The van der Waals surface area contributed by atoms with Crippen LogP contribution in [0, 0.1) is 11.3 Å². The number of nitrogens with zero attached hydrogens (tertiary/aromatic N) is 3. The van der Waals surface area contributed by atoms with Gasteiger partial charge in [-0.25, -0.2) is 0 Å². The van der Waals surface area contributed by atoms with E-state index in [-0.39, 0.29) is 12.5 Å². The van der Waals surface area contributed by atoms with Gasteiger partial charge in [0, 0.05) is 26.2 Å². The first-order chi connectivity index (χ1) is 9.11. The molecule has 1 aliphatic heterocycles. The molecule has 106 valence electrons. The van der Waals surface area contributed by atoms with E-state index in [0.717, 1.165) is 19.5 Å². The Kier molecular flexibility index (Phi) is 6.85. The summed E-state index contributed by atoms with van der Waals surface area (Å²) in [5.41, 5.74) is 0. The largest absolute Gasteiger partial charge is 0.480 e. The summed E-state index contributed by atoms with van der Waals surface area (Å²) in [6.07, 6.45) is 1.18. The standard InChI is InChI=1S/C12H20N4O3/c13-3-1-4-14-11(17)9-15-5-2-6-16(8-7-15)10-12(18)19/h1-2,4-10H2,(H,14,17)(H,18,19). The molecule has 7 nitrogen and oxygen atoms in total. The Morgan fingerprint density at radius 3 is 2.37 bits per heavy atom. The Morgan fingerprint density at radius 2 is 1.79 bits per heavy atom. The molecule has 0 aromatic rings. The molecule has 1 fully saturated rings. The average molecular weight is 268 g/mol. The van der Waals surface area contributed by atoms with Crippen molar-refractivity contribution in [3.63, 3.8) is 0 Å². The SMILES string of the molecule is N#CCCNC(=O)CN1CCCN(CC(=O)O)CC1. The third-order valence-electron chi connectivity index (χ3n) is 2.97. The van der Waals surface area contributed by atoms with Crippen LogP contribution in [-0.2, 0) is 9.59 Å². The second kappa shape index (κ2) is 8.45. The zero-order valence-corrected chi connectivity index (χ0v) is 11.0. The molecule has 1 amide bonds. The number of amides is 1. The number of hydrogen-bond acceptors (Lipinski definition) is 5. The summed E-state index contributed by atoms with van der Waals surface area (Å²) in [6, 6.07) is 1.97. The number of carbonyl (C=O) groups excluding carboxylic acids is 1. The van der Waals surface area contributed by atoms with Gasteiger partial charge >= 0.3 is 5.97 Å². The Labute approximate surface area is 112 Å². The second-order valence-corrected chi connectivity index (χ2v) is 4.56. The molecule has 1 aliphatic rings. The molecule has 0 saturated carbocycles. The summed E-state index contributed by atoms with van der Waals surface area (Å²) in [5.74, 6) is -0.898. The highest BCUT2D eigenvalue weighted by Crippen LogP contribution is 2.02. The molecule has 2 N–H and O–H groups in total. The number of nitriles is 1. The van der Waals surface area contributed by atoms with Crippen molar-refractivity contribution in [1.29, 1.82) is 5.26 Å². The lowest BCUT2D eigenvalue weighted by molar-refractivity contribution is -0.138. The summed E-state index contributed by atoms with van der Waals surface area (Å²) in [4.78, 5) is 26.1. The van der Waals surface area contributed by atoms with E-state index in [4.69, 9.17) is 10.4 Å². The van der Waals surface area contributed by atoms with Crippen LogP contribution in [0.3, 0.4) is 0 Å². The smallest absolute Gasteiger partial charge is 0.317 e. The van der Waals surface area contributed by atoms with Crippen LogP contribution in [0.25, 0.3) is 0 Å². The Balaban J connectivity index is 2.27. The molecule has 1 saturated heterocycles. The topological polar surface area (TPSA) is 96.7 Å². The molecule has 0 aliphatic carbocycles. The van der Waals surface area contributed by atoms with Crippen molar-refractivity contribution in [1.82, 2.24) is 15.1 Å². The van der Waals surface area contributed by atoms with Gasteiger partial charge in [-0.2, -0.15) is 5.26 Å². The molecule has 7 heteroatoms. The van der Waals surface area contributed by atoms with Crippen LogP contribution in [0.5, 0.6) is 0 Å². The van der Waals surface area contributed by atoms with E-state index in [0.29, 0.717) is 32.6 Å². The highest BCUT2D eigenvalue weighted by Gasteiger charge is 2.18. The van der Waals surface area contributed by atoms with Gasteiger partial charge in [-0.3, -0.25) is 19.4 Å². The van der Waals surface area contributed by atoms with Crippen molar-refractivity contribution < 1.29 is 14.7 Å². The van der Waals surface area contributed by atoms with E-state index in [1.165, 1.54) is 0 Å². The van der Waals surface area contributed by atoms with Crippen molar-refractivity contribution in [3.05, 3.63) is 0 Å². The van der Waals surface area contributed by atoms with Crippen LogP contribution in [-0.4, -0.2) is 72.6 Å². The minimum absolute atomic E-state index is 0.0577. The van der Waals surface area contributed by atoms with Gasteiger partial charge in [0.05, 0.1) is 25.6 Å². The van der Waals surface area contributed by atoms with Crippen molar-refractivity contribution in [3.8, 4) is 6.07 Å². The van der Waals surface area contributed by atoms with Gasteiger partial charge in [-0.15, -0.1) is 0 Å². The van der Waals surface area contributed by atoms with Gasteiger partial charge in [0.25, 0.3) is 0 Å². The van der Waals surface area contributed by atoms with Gasteiger partial charge < -0.3 is 10.4 Å². The number of hydrogen-bond donors (Lipinski definition) is 2. The molecule has 0 aromatic carbocycles. The lowest BCUT2D eigenvalue weighted by Crippen LogP contribution is -2.40. The molecular formula is C12H20N4O3. The lowest BCUT2D eigenvalue weighted by atomic mass is 10.3. The molecule has 1 heterocycles. The Bertz CT molecular complexity index is 353. The number of carbonyl (C=O) groups is 2. The van der Waals surface area contributed by atoms with Crippen LogP contribution < -0.4 is 5.32 Å². The maximum absolute atomic E-state index is 11.6. The molecule has 0 bridgehead atoms. The van der Waals surface area contributed by atoms with E-state index in [9.17, 15) is 9.59 Å². The number of rotatable bonds is 6. The lowest BCUT2D eigenvalue weighted by Gasteiger charge is -2.20. The predicted octanol–water partition coefficient (Wildman–Crippen LogP) is -0.891. The van der Waals surface area contributed by atoms with Crippen LogP contribution in [0.2, 0.25) is 0 Å². The molecule has 0 atom stereocenters. The molecule has 0 radical (unpaired) electrons. The van der Waals surface area contributed by atoms with E-state index in [1.54, 1.807) is 0 Å². The zero-order valence-electron chi connectivity index (χ0n) is 11.0. The molecule has 0 aromatic heterocycles. The summed E-state index contributed by atoms with van der Waals surface area (Å²) in [7, 11) is 0. The minimum atomic E-state index is -0.817. The highest BCUT2D eigenvalue weighted by molar-refractivity contribution is 5.78. The average Bonchev–Trinajstić information content (AvgIpc) is 2.55. The first-order valence-corrected chi connectivity index (χ1v) is 6.42. The van der Waals surface area contributed by atoms with Crippen molar-refractivity contribution in [2.45, 2.75) is 12.8 Å². The third kappa shape index (κ3) is 6.74. The molecule has 1 rings (SSSR count). The van der Waals surface area contributed by atoms with E-state index in [1.807, 2.05) is 15.9 Å². The maximum Gasteiger partial charge on any atom is 0.317 e. The van der Waals surface area contributed by atoms with Gasteiger partial charge in [0.2, 0.25) is 5.91 Å². The van der Waals surface area contributed by atoms with E-state index < -0.39 is 5.97 Å². The Morgan fingerprint density at radius 1 is 1.16 bits per heavy atom. The number of nitrogens with one attached hydrogen (secondary N) is 1. The Hall–Kier alpha value is -1.65. The molecule has 0 spiro atoms. The van der Waals surface area contributed by atoms with Crippen LogP contribution in [0.15, 0.2) is 0 Å². The summed E-state index contributed by atoms with van der Waals surface area (Å²) in [5, 5.41) is 19.8. The fourth-order valence-corrected chi connectivity index (χ4v) is 2.05. The molecular weight excluding hydrogens is 248 g/mol. The first-order valence-electron chi connectivity index (χ1n) is 6.42. The van der Waals surface area contributed by atoms with Crippen LogP contribution in [0.4, 0.5) is 0 Å². The van der Waals surface area contributed by atoms with Crippen LogP contribution >= 0.6 is 0 Å². The highest BCUT2D eigenvalue weighted by atomic mass is 16.4. The van der Waals surface area contributed by atoms with Gasteiger partial charge in [0.15, 0.2) is 0 Å². The monoisotopic (exact) mass is 268 g/mol. The van der Waals surface area contributed by atoms with Crippen molar-refractivity contribution in [2.75, 3.05) is 45.8 Å². The number of carboxylic acid groups (broad SMARTS) is 1. The predicted molar refractivity (Wildman–Crippen MR) is 68.4 cm³/mol. The summed E-state index contributed by atoms with van der Waals surface area (Å²) < 4.78 is 0.